The molecule has 0 heterocycles. The summed E-state index contributed by atoms with van der Waals surface area (Å²) in [5.74, 6) is -0.320. The Morgan fingerprint density at radius 1 is 1.10 bits per heavy atom. The molecular weight excluding hydrogens is 265 g/mol. The van der Waals surface area contributed by atoms with Crippen molar-refractivity contribution < 1.29 is 9.18 Å². The third kappa shape index (κ3) is 3.30. The van der Waals surface area contributed by atoms with Crippen molar-refractivity contribution in [2.24, 2.45) is 0 Å². The average molecular weight is 283 g/mol. The Hall–Kier alpha value is -2.16. The maximum Gasteiger partial charge on any atom is 0.224 e. The van der Waals surface area contributed by atoms with E-state index in [1.54, 1.807) is 18.2 Å². The van der Waals surface area contributed by atoms with Gasteiger partial charge in [-0.3, -0.25) is 4.79 Å². The Labute approximate surface area is 124 Å². The molecule has 0 aliphatic heterocycles. The van der Waals surface area contributed by atoms with E-state index in [0.29, 0.717) is 12.0 Å². The lowest BCUT2D eigenvalue weighted by molar-refractivity contribution is -0.116. The standard InChI is InChI=1S/C18H18FNO/c19-17-7-2-1-4-14(17)9-11-18(21)20-16-10-8-13-5-3-6-15(13)12-16/h1-2,4,7-8,10,12H,3,5-6,9,11H2,(H,20,21). The molecule has 3 heteroatoms. The summed E-state index contributed by atoms with van der Waals surface area (Å²) < 4.78 is 13.5. The molecule has 3 rings (SSSR count). The molecule has 0 unspecified atom stereocenters. The molecule has 0 saturated carbocycles. The van der Waals surface area contributed by atoms with Crippen LogP contribution in [0.4, 0.5) is 10.1 Å². The fourth-order valence-electron chi connectivity index (χ4n) is 2.82. The first-order valence-corrected chi connectivity index (χ1v) is 7.37. The largest absolute Gasteiger partial charge is 0.326 e. The summed E-state index contributed by atoms with van der Waals surface area (Å²) >= 11 is 0. The molecule has 0 fully saturated rings. The van der Waals surface area contributed by atoms with Crippen molar-refractivity contribution in [1.82, 2.24) is 0 Å². The molecule has 0 atom stereocenters. The van der Waals surface area contributed by atoms with Crippen molar-refractivity contribution in [3.63, 3.8) is 0 Å². The Morgan fingerprint density at radius 2 is 1.90 bits per heavy atom. The van der Waals surface area contributed by atoms with Gasteiger partial charge in [-0.1, -0.05) is 24.3 Å². The molecule has 2 nitrogen and oxygen atoms in total. The van der Waals surface area contributed by atoms with E-state index in [1.807, 2.05) is 6.07 Å². The van der Waals surface area contributed by atoms with Gasteiger partial charge in [-0.25, -0.2) is 4.39 Å². The summed E-state index contributed by atoms with van der Waals surface area (Å²) in [6.07, 6.45) is 4.13. The van der Waals surface area contributed by atoms with Gasteiger partial charge in [0.2, 0.25) is 5.91 Å². The highest BCUT2D eigenvalue weighted by Gasteiger charge is 2.12. The number of fused-ring (bicyclic) bond motifs is 1. The molecule has 0 radical (unpaired) electrons. The van der Waals surface area contributed by atoms with Gasteiger partial charge >= 0.3 is 0 Å². The fraction of sp³-hybridized carbons (Fsp3) is 0.278. The van der Waals surface area contributed by atoms with E-state index in [-0.39, 0.29) is 18.1 Å². The van der Waals surface area contributed by atoms with Gasteiger partial charge < -0.3 is 5.32 Å². The minimum absolute atomic E-state index is 0.0730. The SMILES string of the molecule is O=C(CCc1ccccc1F)Nc1ccc2c(c1)CCC2. The summed E-state index contributed by atoms with van der Waals surface area (Å²) in [6, 6.07) is 12.7. The van der Waals surface area contributed by atoms with Gasteiger partial charge in [-0.2, -0.15) is 0 Å². The minimum Gasteiger partial charge on any atom is -0.326 e. The first-order chi connectivity index (χ1) is 10.2. The van der Waals surface area contributed by atoms with Crippen LogP contribution < -0.4 is 5.32 Å². The van der Waals surface area contributed by atoms with Crippen molar-refractivity contribution in [1.29, 1.82) is 0 Å². The summed E-state index contributed by atoms with van der Waals surface area (Å²) in [5, 5.41) is 2.90. The van der Waals surface area contributed by atoms with Gasteiger partial charge in [-0.15, -0.1) is 0 Å². The minimum atomic E-state index is -0.247. The van der Waals surface area contributed by atoms with Gasteiger partial charge in [0.1, 0.15) is 5.82 Å². The Balaban J connectivity index is 1.58. The monoisotopic (exact) mass is 283 g/mol. The molecule has 1 amide bonds. The first kappa shape index (κ1) is 13.8. The lowest BCUT2D eigenvalue weighted by Crippen LogP contribution is -2.12. The molecule has 0 saturated heterocycles. The van der Waals surface area contributed by atoms with E-state index in [2.05, 4.69) is 17.4 Å². The molecule has 21 heavy (non-hydrogen) atoms. The third-order valence-corrected chi connectivity index (χ3v) is 3.96. The second-order valence-electron chi connectivity index (χ2n) is 5.48. The number of aryl methyl sites for hydroxylation is 3. The van der Waals surface area contributed by atoms with Crippen LogP contribution in [0.1, 0.15) is 29.5 Å². The number of anilines is 1. The highest BCUT2D eigenvalue weighted by Crippen LogP contribution is 2.25. The quantitative estimate of drug-likeness (QED) is 0.906. The number of hydrogen-bond donors (Lipinski definition) is 1. The summed E-state index contributed by atoms with van der Waals surface area (Å²) in [5.41, 5.74) is 4.15. The van der Waals surface area contributed by atoms with E-state index in [9.17, 15) is 9.18 Å². The number of carbonyl (C=O) groups is 1. The topological polar surface area (TPSA) is 29.1 Å². The Morgan fingerprint density at radius 3 is 2.76 bits per heavy atom. The number of rotatable bonds is 4. The normalized spacial score (nSPS) is 13.0. The van der Waals surface area contributed by atoms with Crippen molar-refractivity contribution in [2.75, 3.05) is 5.32 Å². The molecule has 2 aromatic carbocycles. The number of hydrogen-bond acceptors (Lipinski definition) is 1. The van der Waals surface area contributed by atoms with Crippen molar-refractivity contribution in [3.05, 3.63) is 65.0 Å². The lowest BCUT2D eigenvalue weighted by Gasteiger charge is -2.08. The number of carbonyl (C=O) groups excluding carboxylic acids is 1. The van der Waals surface area contributed by atoms with Crippen LogP contribution in [0.5, 0.6) is 0 Å². The van der Waals surface area contributed by atoms with Crippen molar-refractivity contribution in [2.45, 2.75) is 32.1 Å². The Bertz CT molecular complexity index is 666. The van der Waals surface area contributed by atoms with Gasteiger partial charge in [0, 0.05) is 12.1 Å². The van der Waals surface area contributed by atoms with Crippen LogP contribution in [-0.4, -0.2) is 5.91 Å². The van der Waals surface area contributed by atoms with E-state index in [0.717, 1.165) is 18.5 Å². The molecule has 0 aromatic heterocycles. The summed E-state index contributed by atoms with van der Waals surface area (Å²) in [4.78, 5) is 12.0. The van der Waals surface area contributed by atoms with Crippen LogP contribution in [0.3, 0.4) is 0 Å². The van der Waals surface area contributed by atoms with Crippen LogP contribution in [0.2, 0.25) is 0 Å². The van der Waals surface area contributed by atoms with Gasteiger partial charge in [-0.05, 0) is 60.6 Å². The lowest BCUT2D eigenvalue weighted by atomic mass is 10.1. The molecule has 108 valence electrons. The number of amides is 1. The molecular formula is C18H18FNO. The summed E-state index contributed by atoms with van der Waals surface area (Å²) in [6.45, 7) is 0. The zero-order valence-corrected chi connectivity index (χ0v) is 11.9. The maximum absolute atomic E-state index is 13.5. The number of halogens is 1. The molecule has 1 aliphatic rings. The van der Waals surface area contributed by atoms with Crippen LogP contribution in [-0.2, 0) is 24.1 Å². The van der Waals surface area contributed by atoms with E-state index in [4.69, 9.17) is 0 Å². The van der Waals surface area contributed by atoms with Crippen LogP contribution in [0, 0.1) is 5.82 Å². The van der Waals surface area contributed by atoms with E-state index < -0.39 is 0 Å². The predicted octanol–water partition coefficient (Wildman–Crippen LogP) is 3.89. The van der Waals surface area contributed by atoms with Crippen molar-refractivity contribution in [3.8, 4) is 0 Å². The fourth-order valence-corrected chi connectivity index (χ4v) is 2.82. The number of benzene rings is 2. The second kappa shape index (κ2) is 6.08. The smallest absolute Gasteiger partial charge is 0.224 e. The van der Waals surface area contributed by atoms with Gasteiger partial charge in [0.05, 0.1) is 0 Å². The maximum atomic E-state index is 13.5. The highest BCUT2D eigenvalue weighted by molar-refractivity contribution is 5.91. The molecule has 2 aromatic rings. The molecule has 1 N–H and O–H groups in total. The van der Waals surface area contributed by atoms with Crippen molar-refractivity contribution >= 4 is 11.6 Å². The zero-order chi connectivity index (χ0) is 14.7. The van der Waals surface area contributed by atoms with Crippen LogP contribution in [0.25, 0.3) is 0 Å². The zero-order valence-electron chi connectivity index (χ0n) is 11.9. The average Bonchev–Trinajstić information content (AvgIpc) is 2.94. The summed E-state index contributed by atoms with van der Waals surface area (Å²) in [7, 11) is 0. The van der Waals surface area contributed by atoms with Crippen LogP contribution in [0.15, 0.2) is 42.5 Å². The van der Waals surface area contributed by atoms with Crippen LogP contribution >= 0.6 is 0 Å². The predicted molar refractivity (Wildman–Crippen MR) is 81.8 cm³/mol. The second-order valence-corrected chi connectivity index (χ2v) is 5.48. The Kier molecular flexibility index (Phi) is 4.00. The van der Waals surface area contributed by atoms with E-state index in [1.165, 1.54) is 23.6 Å². The molecule has 0 bridgehead atoms. The van der Waals surface area contributed by atoms with Gasteiger partial charge in [0.15, 0.2) is 0 Å². The highest BCUT2D eigenvalue weighted by atomic mass is 19.1. The van der Waals surface area contributed by atoms with Gasteiger partial charge in [0.25, 0.3) is 0 Å². The van der Waals surface area contributed by atoms with E-state index >= 15 is 0 Å². The number of nitrogens with one attached hydrogen (secondary N) is 1. The molecule has 1 aliphatic carbocycles. The third-order valence-electron chi connectivity index (χ3n) is 3.96. The molecule has 0 spiro atoms. The first-order valence-electron chi connectivity index (χ1n) is 7.37.